The van der Waals surface area contributed by atoms with E-state index in [4.69, 9.17) is 0 Å². The molecule has 1 aliphatic rings. The molecule has 1 aromatic rings. The van der Waals surface area contributed by atoms with Gasteiger partial charge in [0.05, 0.1) is 0 Å². The Bertz CT molecular complexity index is 425. The molecule has 0 aromatic carbocycles. The van der Waals surface area contributed by atoms with Crippen LogP contribution in [0.1, 0.15) is 55.9 Å². The van der Waals surface area contributed by atoms with Crippen molar-refractivity contribution in [2.45, 2.75) is 45.4 Å². The van der Waals surface area contributed by atoms with Crippen LogP contribution in [0.2, 0.25) is 0 Å². The Kier molecular flexibility index (Phi) is 5.84. The van der Waals surface area contributed by atoms with Gasteiger partial charge in [-0.3, -0.25) is 4.79 Å². The van der Waals surface area contributed by atoms with E-state index >= 15 is 0 Å². The zero-order valence-corrected chi connectivity index (χ0v) is 12.4. The van der Waals surface area contributed by atoms with Gasteiger partial charge in [0.2, 0.25) is 0 Å². The van der Waals surface area contributed by atoms with Crippen molar-refractivity contribution >= 4 is 11.7 Å². The Labute approximate surface area is 121 Å². The molecule has 4 heteroatoms. The Balaban J connectivity index is 2.02. The third kappa shape index (κ3) is 4.22. The molecule has 1 aliphatic heterocycles. The molecule has 0 radical (unpaired) electrons. The second-order valence-electron chi connectivity index (χ2n) is 5.39. The standard InChI is InChI=1S/C16H25N3O/c1-2-11-17-15-10-8-9-14(18-15)16(20)19-12-6-4-3-5-7-13-19/h8-10H,2-7,11-13H2,1H3,(H,17,18). The van der Waals surface area contributed by atoms with Crippen molar-refractivity contribution in [1.82, 2.24) is 9.88 Å². The minimum Gasteiger partial charge on any atom is -0.370 e. The van der Waals surface area contributed by atoms with E-state index in [9.17, 15) is 4.79 Å². The van der Waals surface area contributed by atoms with E-state index < -0.39 is 0 Å². The molecule has 2 heterocycles. The van der Waals surface area contributed by atoms with E-state index in [1.807, 2.05) is 23.1 Å². The largest absolute Gasteiger partial charge is 0.370 e. The van der Waals surface area contributed by atoms with Crippen LogP contribution in [0.3, 0.4) is 0 Å². The number of aromatic nitrogens is 1. The highest BCUT2D eigenvalue weighted by molar-refractivity contribution is 5.92. The van der Waals surface area contributed by atoms with E-state index in [0.717, 1.165) is 44.7 Å². The molecule has 0 saturated carbocycles. The highest BCUT2D eigenvalue weighted by atomic mass is 16.2. The van der Waals surface area contributed by atoms with Crippen molar-refractivity contribution in [2.24, 2.45) is 0 Å². The summed E-state index contributed by atoms with van der Waals surface area (Å²) < 4.78 is 0. The molecule has 0 aliphatic carbocycles. The number of carbonyl (C=O) groups is 1. The lowest BCUT2D eigenvalue weighted by atomic mass is 10.1. The maximum Gasteiger partial charge on any atom is 0.272 e. The third-order valence-corrected chi connectivity index (χ3v) is 3.67. The van der Waals surface area contributed by atoms with Crippen molar-refractivity contribution < 1.29 is 4.79 Å². The van der Waals surface area contributed by atoms with Crippen LogP contribution < -0.4 is 5.32 Å². The van der Waals surface area contributed by atoms with Crippen LogP contribution in [0.4, 0.5) is 5.82 Å². The number of likely N-dealkylation sites (tertiary alicyclic amines) is 1. The van der Waals surface area contributed by atoms with Gasteiger partial charge in [-0.1, -0.05) is 32.3 Å². The number of anilines is 1. The predicted octanol–water partition coefficient (Wildman–Crippen LogP) is 3.31. The molecule has 1 aromatic heterocycles. The topological polar surface area (TPSA) is 45.2 Å². The molecule has 1 amide bonds. The monoisotopic (exact) mass is 275 g/mol. The number of carbonyl (C=O) groups excluding carboxylic acids is 1. The van der Waals surface area contributed by atoms with Crippen molar-refractivity contribution in [2.75, 3.05) is 25.0 Å². The lowest BCUT2D eigenvalue weighted by Gasteiger charge is -2.24. The first kappa shape index (κ1) is 14.8. The van der Waals surface area contributed by atoms with Crippen LogP contribution in [-0.4, -0.2) is 35.4 Å². The van der Waals surface area contributed by atoms with Gasteiger partial charge in [-0.15, -0.1) is 0 Å². The summed E-state index contributed by atoms with van der Waals surface area (Å²) in [6, 6.07) is 5.64. The van der Waals surface area contributed by atoms with Gasteiger partial charge in [0.1, 0.15) is 11.5 Å². The quantitative estimate of drug-likeness (QED) is 0.917. The Morgan fingerprint density at radius 3 is 2.60 bits per heavy atom. The molecule has 110 valence electrons. The number of rotatable bonds is 4. The average Bonchev–Trinajstić information content (AvgIpc) is 2.44. The van der Waals surface area contributed by atoms with Crippen molar-refractivity contribution in [1.29, 1.82) is 0 Å². The minimum atomic E-state index is 0.0760. The number of nitrogens with one attached hydrogen (secondary N) is 1. The van der Waals surface area contributed by atoms with Gasteiger partial charge in [0, 0.05) is 19.6 Å². The van der Waals surface area contributed by atoms with Gasteiger partial charge in [-0.25, -0.2) is 4.98 Å². The van der Waals surface area contributed by atoms with Crippen molar-refractivity contribution in [3.63, 3.8) is 0 Å². The van der Waals surface area contributed by atoms with E-state index in [-0.39, 0.29) is 5.91 Å². The van der Waals surface area contributed by atoms with Gasteiger partial charge in [0.25, 0.3) is 5.91 Å². The third-order valence-electron chi connectivity index (χ3n) is 3.67. The molecule has 0 bridgehead atoms. The number of pyridine rings is 1. The fourth-order valence-electron chi connectivity index (χ4n) is 2.52. The van der Waals surface area contributed by atoms with Crippen molar-refractivity contribution in [3.05, 3.63) is 23.9 Å². The van der Waals surface area contributed by atoms with Crippen LogP contribution in [0.15, 0.2) is 18.2 Å². The molecule has 20 heavy (non-hydrogen) atoms. The van der Waals surface area contributed by atoms with Crippen LogP contribution in [0.25, 0.3) is 0 Å². The van der Waals surface area contributed by atoms with E-state index in [1.165, 1.54) is 19.3 Å². The predicted molar refractivity (Wildman–Crippen MR) is 82.0 cm³/mol. The molecular weight excluding hydrogens is 250 g/mol. The van der Waals surface area contributed by atoms with E-state index in [2.05, 4.69) is 17.2 Å². The first-order chi connectivity index (χ1) is 9.81. The smallest absolute Gasteiger partial charge is 0.272 e. The van der Waals surface area contributed by atoms with E-state index in [1.54, 1.807) is 0 Å². The minimum absolute atomic E-state index is 0.0760. The second kappa shape index (κ2) is 7.88. The molecule has 2 rings (SSSR count). The fraction of sp³-hybridized carbons (Fsp3) is 0.625. The van der Waals surface area contributed by atoms with Gasteiger partial charge >= 0.3 is 0 Å². The number of amides is 1. The van der Waals surface area contributed by atoms with Crippen molar-refractivity contribution in [3.8, 4) is 0 Å². The molecule has 1 fully saturated rings. The highest BCUT2D eigenvalue weighted by Crippen LogP contribution is 2.14. The first-order valence-electron chi connectivity index (χ1n) is 7.81. The van der Waals surface area contributed by atoms with Crippen LogP contribution >= 0.6 is 0 Å². The molecule has 0 spiro atoms. The zero-order valence-electron chi connectivity index (χ0n) is 12.4. The average molecular weight is 275 g/mol. The molecule has 1 N–H and O–H groups in total. The molecule has 4 nitrogen and oxygen atoms in total. The Hall–Kier alpha value is -1.58. The number of hydrogen-bond acceptors (Lipinski definition) is 3. The van der Waals surface area contributed by atoms with Gasteiger partial charge in [-0.05, 0) is 31.4 Å². The normalized spacial score (nSPS) is 16.4. The molecule has 0 atom stereocenters. The first-order valence-corrected chi connectivity index (χ1v) is 7.81. The SMILES string of the molecule is CCCNc1cccc(C(=O)N2CCCCCCC2)n1. The second-order valence-corrected chi connectivity index (χ2v) is 5.39. The Morgan fingerprint density at radius 1 is 1.20 bits per heavy atom. The summed E-state index contributed by atoms with van der Waals surface area (Å²) in [5.74, 6) is 0.872. The molecule has 1 saturated heterocycles. The molecule has 0 unspecified atom stereocenters. The zero-order chi connectivity index (χ0) is 14.2. The van der Waals surface area contributed by atoms with E-state index in [0.29, 0.717) is 5.69 Å². The summed E-state index contributed by atoms with van der Waals surface area (Å²) >= 11 is 0. The van der Waals surface area contributed by atoms with Crippen LogP contribution in [0.5, 0.6) is 0 Å². The molecular formula is C16H25N3O. The number of nitrogens with zero attached hydrogens (tertiary/aromatic N) is 2. The van der Waals surface area contributed by atoms with Gasteiger partial charge in [0.15, 0.2) is 0 Å². The van der Waals surface area contributed by atoms with Gasteiger partial charge in [-0.2, -0.15) is 0 Å². The maximum atomic E-state index is 12.5. The Morgan fingerprint density at radius 2 is 1.90 bits per heavy atom. The van der Waals surface area contributed by atoms with Crippen LogP contribution in [-0.2, 0) is 0 Å². The number of hydrogen-bond donors (Lipinski definition) is 1. The summed E-state index contributed by atoms with van der Waals surface area (Å²) in [6.07, 6.45) is 7.03. The summed E-state index contributed by atoms with van der Waals surface area (Å²) in [4.78, 5) is 18.9. The lowest BCUT2D eigenvalue weighted by Crippen LogP contribution is -2.34. The van der Waals surface area contributed by atoms with Gasteiger partial charge < -0.3 is 10.2 Å². The summed E-state index contributed by atoms with van der Waals surface area (Å²) in [6.45, 7) is 4.73. The summed E-state index contributed by atoms with van der Waals surface area (Å²) in [7, 11) is 0. The summed E-state index contributed by atoms with van der Waals surface area (Å²) in [5.41, 5.74) is 0.562. The lowest BCUT2D eigenvalue weighted by molar-refractivity contribution is 0.0736. The highest BCUT2D eigenvalue weighted by Gasteiger charge is 2.17. The fourth-order valence-corrected chi connectivity index (χ4v) is 2.52. The maximum absolute atomic E-state index is 12.5. The summed E-state index contributed by atoms with van der Waals surface area (Å²) in [5, 5.41) is 3.23. The van der Waals surface area contributed by atoms with Crippen LogP contribution in [0, 0.1) is 0 Å².